The van der Waals surface area contributed by atoms with E-state index in [4.69, 9.17) is 77.8 Å². The zero-order chi connectivity index (χ0) is 46.3. The fourth-order valence-corrected chi connectivity index (χ4v) is 7.79. The number of carbonyl (C=O) groups is 2. The van der Waals surface area contributed by atoms with E-state index in [-0.39, 0.29) is 50.5 Å². The van der Waals surface area contributed by atoms with E-state index in [1.54, 1.807) is 48.5 Å². The lowest BCUT2D eigenvalue weighted by Gasteiger charge is -2.13. The number of carbonyl (C=O) groups excluding carboxylic acids is 2. The number of sulfonamides is 2. The van der Waals surface area contributed by atoms with Gasteiger partial charge >= 0.3 is 6.18 Å². The van der Waals surface area contributed by atoms with Crippen LogP contribution in [0.1, 0.15) is 16.7 Å². The first-order valence-corrected chi connectivity index (χ1v) is 22.5. The van der Waals surface area contributed by atoms with Crippen LogP contribution in [0.2, 0.25) is 25.1 Å². The largest absolute Gasteiger partial charge is 0.456 e. The number of alkyl halides is 3. The molecule has 12 nitrogen and oxygen atoms in total. The lowest BCUT2D eigenvalue weighted by molar-refractivity contribution is -0.137. The zero-order valence-corrected chi connectivity index (χ0v) is 37.1. The number of benzene rings is 6. The Morgan fingerprint density at radius 1 is 0.540 bits per heavy atom. The quantitative estimate of drug-likeness (QED) is 0.0929. The number of halogens is 8. The highest BCUT2D eigenvalue weighted by atomic mass is 35.5. The van der Waals surface area contributed by atoms with Gasteiger partial charge in [0, 0.05) is 36.5 Å². The first-order valence-electron chi connectivity index (χ1n) is 17.5. The Morgan fingerprint density at radius 2 is 1.00 bits per heavy atom. The van der Waals surface area contributed by atoms with Gasteiger partial charge in [0.2, 0.25) is 31.9 Å². The van der Waals surface area contributed by atoms with Gasteiger partial charge < -0.3 is 20.1 Å². The van der Waals surface area contributed by atoms with Crippen LogP contribution in [0.5, 0.6) is 23.0 Å². The molecule has 63 heavy (non-hydrogen) atoms. The summed E-state index contributed by atoms with van der Waals surface area (Å²) in [4.78, 5) is 24.0. The number of hydrogen-bond donors (Lipinski definition) is 4. The Morgan fingerprint density at radius 3 is 1.43 bits per heavy atom. The summed E-state index contributed by atoms with van der Waals surface area (Å²) < 4.78 is 98.1. The Labute approximate surface area is 383 Å². The number of nitrogens with one attached hydrogen (secondary N) is 2. The van der Waals surface area contributed by atoms with Gasteiger partial charge in [-0.3, -0.25) is 9.59 Å². The van der Waals surface area contributed by atoms with Crippen molar-refractivity contribution in [3.05, 3.63) is 163 Å². The van der Waals surface area contributed by atoms with E-state index in [9.17, 15) is 39.6 Å². The fourth-order valence-electron chi connectivity index (χ4n) is 5.41. The average molecular weight is 1010 g/mol. The summed E-state index contributed by atoms with van der Waals surface area (Å²) in [5.74, 6) is -0.648. The van der Waals surface area contributed by atoms with E-state index in [0.717, 1.165) is 24.3 Å². The van der Waals surface area contributed by atoms with Crippen LogP contribution in [0.3, 0.4) is 0 Å². The van der Waals surface area contributed by atoms with Gasteiger partial charge in [0.05, 0.1) is 18.4 Å². The van der Waals surface area contributed by atoms with Crippen molar-refractivity contribution < 1.29 is 49.1 Å². The maximum Gasteiger partial charge on any atom is 0.416 e. The highest BCUT2D eigenvalue weighted by Crippen LogP contribution is 2.35. The predicted octanol–water partition coefficient (Wildman–Crippen LogP) is 10.9. The van der Waals surface area contributed by atoms with Gasteiger partial charge in [-0.2, -0.15) is 13.2 Å². The standard InChI is InChI=1S/C21H15Cl2F3N2O4S.C20H15Cl3N2O4S/c22-14-2-1-3-16(10-14)32-18-7-5-15(11-19(18)33(27,30)31)28-20(29)9-12-8-13(21(24,25)26)4-6-17(12)23;21-13-2-1-3-16(9-13)29-18-7-6-15(11-19(18)30(24,27)28)25-20(26)8-12-4-5-14(22)10-17(12)23/h1-8,10-11H,9H2,(H,28,29)(H2,27,30,31);1-7,9-11H,8H2,(H,25,26)(H2,24,27,28). The van der Waals surface area contributed by atoms with Crippen LogP contribution in [0.15, 0.2) is 131 Å². The van der Waals surface area contributed by atoms with Crippen LogP contribution >= 0.6 is 58.0 Å². The number of amides is 2. The maximum atomic E-state index is 12.9. The van der Waals surface area contributed by atoms with Crippen molar-refractivity contribution in [1.82, 2.24) is 0 Å². The van der Waals surface area contributed by atoms with Gasteiger partial charge in [-0.15, -0.1) is 0 Å². The smallest absolute Gasteiger partial charge is 0.416 e. The molecule has 330 valence electrons. The Kier molecular flexibility index (Phi) is 16.0. The van der Waals surface area contributed by atoms with Gasteiger partial charge in [0.15, 0.2) is 0 Å². The molecule has 0 aromatic heterocycles. The molecule has 0 saturated heterocycles. The minimum atomic E-state index is -4.60. The van der Waals surface area contributed by atoms with Crippen molar-refractivity contribution in [2.24, 2.45) is 10.3 Å². The average Bonchev–Trinajstić information content (AvgIpc) is 3.17. The molecule has 22 heteroatoms. The second kappa shape index (κ2) is 20.6. The SMILES string of the molecule is NS(=O)(=O)c1cc(NC(=O)Cc2cc(C(F)(F)F)ccc2Cl)ccc1Oc1cccc(Cl)c1.NS(=O)(=O)c1cc(NC(=O)Cc2ccc(Cl)cc2Cl)ccc1Oc1cccc(Cl)c1. The highest BCUT2D eigenvalue weighted by molar-refractivity contribution is 7.89. The molecule has 6 aromatic carbocycles. The molecule has 0 aliphatic rings. The summed E-state index contributed by atoms with van der Waals surface area (Å²) >= 11 is 29.7. The second-order valence-electron chi connectivity index (χ2n) is 13.0. The summed E-state index contributed by atoms with van der Waals surface area (Å²) in [6.07, 6.45) is -5.10. The molecule has 0 bridgehead atoms. The van der Waals surface area contributed by atoms with Crippen molar-refractivity contribution in [2.75, 3.05) is 10.6 Å². The fraction of sp³-hybridized carbons (Fsp3) is 0.0732. The van der Waals surface area contributed by atoms with E-state index >= 15 is 0 Å². The molecule has 0 spiro atoms. The molecular weight excluding hydrogens is 975 g/mol. The van der Waals surface area contributed by atoms with Crippen molar-refractivity contribution in [1.29, 1.82) is 0 Å². The van der Waals surface area contributed by atoms with Gasteiger partial charge in [-0.25, -0.2) is 27.1 Å². The zero-order valence-electron chi connectivity index (χ0n) is 31.7. The Hall–Kier alpha value is -5.08. The Balaban J connectivity index is 0.000000239. The molecule has 2 amide bonds. The first-order chi connectivity index (χ1) is 29.4. The third-order valence-corrected chi connectivity index (χ3v) is 11.5. The van der Waals surface area contributed by atoms with E-state index in [2.05, 4.69) is 10.6 Å². The van der Waals surface area contributed by atoms with E-state index in [1.807, 2.05) is 0 Å². The molecule has 0 radical (unpaired) electrons. The minimum Gasteiger partial charge on any atom is -0.456 e. The van der Waals surface area contributed by atoms with Gasteiger partial charge in [-0.1, -0.05) is 76.2 Å². The van der Waals surface area contributed by atoms with Crippen molar-refractivity contribution >= 4 is 101 Å². The predicted molar refractivity (Wildman–Crippen MR) is 236 cm³/mol. The minimum absolute atomic E-state index is 0.00138. The van der Waals surface area contributed by atoms with Gasteiger partial charge in [-0.05, 0) is 114 Å². The summed E-state index contributed by atoms with van der Waals surface area (Å²) in [6, 6.07) is 27.9. The van der Waals surface area contributed by atoms with E-state index in [1.165, 1.54) is 48.5 Å². The molecule has 6 N–H and O–H groups in total. The van der Waals surface area contributed by atoms with Crippen molar-refractivity contribution in [3.63, 3.8) is 0 Å². The maximum absolute atomic E-state index is 12.9. The van der Waals surface area contributed by atoms with Gasteiger partial charge in [0.1, 0.15) is 32.8 Å². The summed E-state index contributed by atoms with van der Waals surface area (Å²) in [6.45, 7) is 0. The van der Waals surface area contributed by atoms with E-state index < -0.39 is 54.9 Å². The molecule has 0 atom stereocenters. The monoisotopic (exact) mass is 1000 g/mol. The van der Waals surface area contributed by atoms with Crippen LogP contribution in [-0.2, 0) is 48.7 Å². The molecule has 0 fully saturated rings. The Bertz CT molecular complexity index is 2930. The number of ether oxygens (including phenoxy) is 2. The number of hydrogen-bond acceptors (Lipinski definition) is 8. The number of nitrogens with two attached hydrogens (primary N) is 2. The molecule has 0 aliphatic heterocycles. The van der Waals surface area contributed by atoms with Crippen LogP contribution < -0.4 is 30.4 Å². The molecule has 0 aliphatic carbocycles. The normalized spacial score (nSPS) is 11.5. The summed E-state index contributed by atoms with van der Waals surface area (Å²) in [5.41, 5.74) is -0.158. The van der Waals surface area contributed by atoms with Crippen LogP contribution in [0.4, 0.5) is 24.5 Å². The molecule has 0 unspecified atom stereocenters. The summed E-state index contributed by atoms with van der Waals surface area (Å²) in [7, 11) is -8.40. The van der Waals surface area contributed by atoms with Crippen LogP contribution in [-0.4, -0.2) is 28.6 Å². The molecule has 6 rings (SSSR count). The molecule has 6 aromatic rings. The lowest BCUT2D eigenvalue weighted by Crippen LogP contribution is -2.17. The number of rotatable bonds is 12. The van der Waals surface area contributed by atoms with E-state index in [0.29, 0.717) is 31.4 Å². The third-order valence-electron chi connectivity index (χ3n) is 8.21. The molecule has 0 saturated carbocycles. The van der Waals surface area contributed by atoms with Gasteiger partial charge in [0.25, 0.3) is 0 Å². The molecular formula is C41H30Cl5F3N4O8S2. The summed E-state index contributed by atoms with van der Waals surface area (Å²) in [5, 5.41) is 17.2. The first kappa shape index (κ1) is 48.9. The van der Waals surface area contributed by atoms with Crippen molar-refractivity contribution in [3.8, 4) is 23.0 Å². The highest BCUT2D eigenvalue weighted by Gasteiger charge is 2.31. The van der Waals surface area contributed by atoms with Crippen LogP contribution in [0.25, 0.3) is 0 Å². The topological polar surface area (TPSA) is 197 Å². The molecule has 0 heterocycles. The lowest BCUT2D eigenvalue weighted by atomic mass is 10.1. The number of primary sulfonamides is 2. The van der Waals surface area contributed by atoms with Crippen LogP contribution in [0, 0.1) is 0 Å². The second-order valence-corrected chi connectivity index (χ2v) is 18.2. The van der Waals surface area contributed by atoms with Crippen molar-refractivity contribution in [2.45, 2.75) is 28.8 Å². The third kappa shape index (κ3) is 14.5. The number of anilines is 2.